The molecule has 0 fully saturated rings. The van der Waals surface area contributed by atoms with E-state index in [1.807, 2.05) is 50.2 Å². The van der Waals surface area contributed by atoms with Crippen molar-refractivity contribution >= 4 is 45.1 Å². The molecule has 0 aliphatic heterocycles. The van der Waals surface area contributed by atoms with E-state index in [4.69, 9.17) is 17.0 Å². The number of nitrogens with one attached hydrogen (secondary N) is 3. The van der Waals surface area contributed by atoms with E-state index in [0.717, 1.165) is 21.2 Å². The largest absolute Gasteiger partial charge is 0.483 e. The third-order valence-electron chi connectivity index (χ3n) is 3.68. The van der Waals surface area contributed by atoms with Crippen LogP contribution < -0.4 is 20.9 Å². The maximum absolute atomic E-state index is 12.0. The van der Waals surface area contributed by atoms with Gasteiger partial charge in [0.1, 0.15) is 5.75 Å². The molecule has 0 aliphatic carbocycles. The van der Waals surface area contributed by atoms with Crippen LogP contribution in [0.5, 0.6) is 5.75 Å². The third kappa shape index (κ3) is 6.99. The van der Waals surface area contributed by atoms with Crippen molar-refractivity contribution in [1.29, 1.82) is 0 Å². The second-order valence-electron chi connectivity index (χ2n) is 5.85. The highest BCUT2D eigenvalue weighted by molar-refractivity contribution is 9.10. The zero-order valence-corrected chi connectivity index (χ0v) is 17.4. The van der Waals surface area contributed by atoms with Gasteiger partial charge in [-0.05, 0) is 61.0 Å². The molecule has 0 spiro atoms. The normalized spacial score (nSPS) is 10.0. The van der Waals surface area contributed by atoms with Crippen LogP contribution in [0.3, 0.4) is 0 Å². The summed E-state index contributed by atoms with van der Waals surface area (Å²) in [6, 6.07) is 13.1. The molecule has 2 amide bonds. The summed E-state index contributed by atoms with van der Waals surface area (Å²) in [5.74, 6) is -0.0759. The van der Waals surface area contributed by atoms with Crippen molar-refractivity contribution in [3.05, 3.63) is 63.6 Å². The number of thiocarbonyl (C=S) groups is 1. The topological polar surface area (TPSA) is 79.5 Å². The SMILES string of the molecule is Cc1ccccc1CC(=O)NC(=S)NNC(=O)COc1ccc(Br)cc1C. The van der Waals surface area contributed by atoms with Crippen LogP contribution in [-0.4, -0.2) is 23.5 Å². The van der Waals surface area contributed by atoms with Gasteiger partial charge in [0.05, 0.1) is 6.42 Å². The third-order valence-corrected chi connectivity index (χ3v) is 4.37. The number of rotatable bonds is 5. The van der Waals surface area contributed by atoms with Crippen LogP contribution in [0.2, 0.25) is 0 Å². The number of hydrogen-bond acceptors (Lipinski definition) is 4. The first-order chi connectivity index (χ1) is 12.8. The first-order valence-corrected chi connectivity index (χ1v) is 9.37. The second-order valence-corrected chi connectivity index (χ2v) is 7.18. The van der Waals surface area contributed by atoms with Crippen molar-refractivity contribution in [2.24, 2.45) is 0 Å². The molecule has 0 radical (unpaired) electrons. The Hall–Kier alpha value is -2.45. The van der Waals surface area contributed by atoms with Gasteiger partial charge in [0.2, 0.25) is 5.91 Å². The van der Waals surface area contributed by atoms with E-state index in [1.165, 1.54) is 0 Å². The monoisotopic (exact) mass is 449 g/mol. The molecular formula is C19H20BrN3O3S. The first kappa shape index (κ1) is 20.9. The van der Waals surface area contributed by atoms with E-state index in [2.05, 4.69) is 32.1 Å². The van der Waals surface area contributed by atoms with E-state index in [0.29, 0.717) is 5.75 Å². The van der Waals surface area contributed by atoms with Crippen molar-refractivity contribution in [2.75, 3.05) is 6.61 Å². The van der Waals surface area contributed by atoms with E-state index in [1.54, 1.807) is 6.07 Å². The Labute approximate surface area is 171 Å². The summed E-state index contributed by atoms with van der Waals surface area (Å²) in [5, 5.41) is 2.54. The molecule has 2 aromatic carbocycles. The maximum Gasteiger partial charge on any atom is 0.276 e. The molecule has 0 saturated carbocycles. The Morgan fingerprint density at radius 1 is 1.04 bits per heavy atom. The summed E-state index contributed by atoms with van der Waals surface area (Å²) in [5.41, 5.74) is 7.72. The molecule has 0 aromatic heterocycles. The standard InChI is InChI=1S/C19H20BrN3O3S/c1-12-5-3-4-6-14(12)10-17(24)21-19(27)23-22-18(25)11-26-16-8-7-15(20)9-13(16)2/h3-9H,10-11H2,1-2H3,(H,22,25)(H2,21,23,24,27). The molecule has 0 aliphatic rings. The predicted molar refractivity (Wildman–Crippen MR) is 111 cm³/mol. The van der Waals surface area contributed by atoms with E-state index < -0.39 is 5.91 Å². The van der Waals surface area contributed by atoms with E-state index in [9.17, 15) is 9.59 Å². The summed E-state index contributed by atoms with van der Waals surface area (Å²) < 4.78 is 6.39. The highest BCUT2D eigenvalue weighted by Crippen LogP contribution is 2.21. The van der Waals surface area contributed by atoms with Gasteiger partial charge in [-0.15, -0.1) is 0 Å². The van der Waals surface area contributed by atoms with Crippen LogP contribution in [0.1, 0.15) is 16.7 Å². The molecular weight excluding hydrogens is 430 g/mol. The molecule has 2 aromatic rings. The minimum atomic E-state index is -0.423. The molecule has 3 N–H and O–H groups in total. The second kappa shape index (κ2) is 10.0. The molecule has 27 heavy (non-hydrogen) atoms. The van der Waals surface area contributed by atoms with Crippen LogP contribution in [0.4, 0.5) is 0 Å². The van der Waals surface area contributed by atoms with E-state index in [-0.39, 0.29) is 24.0 Å². The van der Waals surface area contributed by atoms with Gasteiger partial charge < -0.3 is 10.1 Å². The van der Waals surface area contributed by atoms with Crippen LogP contribution in [0.25, 0.3) is 0 Å². The van der Waals surface area contributed by atoms with Gasteiger partial charge in [-0.2, -0.15) is 0 Å². The van der Waals surface area contributed by atoms with Gasteiger partial charge in [-0.25, -0.2) is 0 Å². The molecule has 0 unspecified atom stereocenters. The molecule has 0 bridgehead atoms. The number of benzene rings is 2. The number of amides is 2. The van der Waals surface area contributed by atoms with Gasteiger partial charge in [-0.3, -0.25) is 20.4 Å². The van der Waals surface area contributed by atoms with Gasteiger partial charge >= 0.3 is 0 Å². The summed E-state index contributed by atoms with van der Waals surface area (Å²) in [4.78, 5) is 23.9. The number of ether oxygens (including phenoxy) is 1. The minimum Gasteiger partial charge on any atom is -0.483 e. The number of carbonyl (C=O) groups is 2. The average Bonchev–Trinajstić information content (AvgIpc) is 2.61. The zero-order valence-electron chi connectivity index (χ0n) is 15.0. The van der Waals surface area contributed by atoms with Crippen molar-refractivity contribution in [2.45, 2.75) is 20.3 Å². The van der Waals surface area contributed by atoms with Crippen molar-refractivity contribution in [3.63, 3.8) is 0 Å². The Morgan fingerprint density at radius 3 is 2.48 bits per heavy atom. The van der Waals surface area contributed by atoms with Crippen molar-refractivity contribution in [1.82, 2.24) is 16.2 Å². The Balaban J connectivity index is 1.72. The van der Waals surface area contributed by atoms with Crippen LogP contribution >= 0.6 is 28.1 Å². The van der Waals surface area contributed by atoms with Crippen molar-refractivity contribution in [3.8, 4) is 5.75 Å². The fraction of sp³-hybridized carbons (Fsp3) is 0.211. The predicted octanol–water partition coefficient (Wildman–Crippen LogP) is 2.71. The number of hydrogen-bond donors (Lipinski definition) is 3. The minimum absolute atomic E-state index is 0.0155. The van der Waals surface area contributed by atoms with Gasteiger partial charge in [-0.1, -0.05) is 40.2 Å². The summed E-state index contributed by atoms with van der Waals surface area (Å²) in [6.45, 7) is 3.64. The molecule has 6 nitrogen and oxygen atoms in total. The lowest BCUT2D eigenvalue weighted by Gasteiger charge is -2.12. The Morgan fingerprint density at radius 2 is 1.78 bits per heavy atom. The number of carbonyl (C=O) groups excluding carboxylic acids is 2. The summed E-state index contributed by atoms with van der Waals surface area (Å²) in [6.07, 6.45) is 0.203. The van der Waals surface area contributed by atoms with Gasteiger partial charge in [0.15, 0.2) is 11.7 Å². The van der Waals surface area contributed by atoms with E-state index >= 15 is 0 Å². The molecule has 0 atom stereocenters. The molecule has 8 heteroatoms. The Kier molecular flexibility index (Phi) is 7.75. The van der Waals surface area contributed by atoms with Crippen LogP contribution in [0.15, 0.2) is 46.9 Å². The van der Waals surface area contributed by atoms with Gasteiger partial charge in [0, 0.05) is 4.47 Å². The summed E-state index contributed by atoms with van der Waals surface area (Å²) in [7, 11) is 0. The lowest BCUT2D eigenvalue weighted by atomic mass is 10.1. The smallest absolute Gasteiger partial charge is 0.276 e. The fourth-order valence-corrected chi connectivity index (χ4v) is 2.90. The van der Waals surface area contributed by atoms with Gasteiger partial charge in [0.25, 0.3) is 5.91 Å². The Bertz CT molecular complexity index is 858. The van der Waals surface area contributed by atoms with Crippen LogP contribution in [0, 0.1) is 13.8 Å². The molecule has 142 valence electrons. The van der Waals surface area contributed by atoms with Crippen LogP contribution in [-0.2, 0) is 16.0 Å². The summed E-state index contributed by atoms with van der Waals surface area (Å²) >= 11 is 8.37. The lowest BCUT2D eigenvalue weighted by molar-refractivity contribution is -0.124. The lowest BCUT2D eigenvalue weighted by Crippen LogP contribution is -2.50. The molecule has 2 rings (SSSR count). The number of hydrazine groups is 1. The number of halogens is 1. The fourth-order valence-electron chi connectivity index (χ4n) is 2.26. The molecule has 0 saturated heterocycles. The molecule has 0 heterocycles. The maximum atomic E-state index is 12.0. The quantitative estimate of drug-likeness (QED) is 0.482. The highest BCUT2D eigenvalue weighted by atomic mass is 79.9. The van der Waals surface area contributed by atoms with Crippen molar-refractivity contribution < 1.29 is 14.3 Å². The average molecular weight is 450 g/mol. The zero-order chi connectivity index (χ0) is 19.8. The number of aryl methyl sites for hydroxylation is 2. The highest BCUT2D eigenvalue weighted by Gasteiger charge is 2.09. The first-order valence-electron chi connectivity index (χ1n) is 8.17.